The zero-order chi connectivity index (χ0) is 14.9. The Kier molecular flexibility index (Phi) is 4.45. The molecule has 1 N–H and O–H groups in total. The topological polar surface area (TPSA) is 15.3 Å². The van der Waals surface area contributed by atoms with E-state index in [0.29, 0.717) is 5.54 Å². The van der Waals surface area contributed by atoms with E-state index in [4.69, 9.17) is 0 Å². The molecule has 0 aromatic heterocycles. The summed E-state index contributed by atoms with van der Waals surface area (Å²) in [7, 11) is 0. The normalized spacial score (nSPS) is 29.1. The number of nitrogens with zero attached hydrogens (tertiary/aromatic N) is 1. The van der Waals surface area contributed by atoms with Gasteiger partial charge in [-0.1, -0.05) is 53.9 Å². The first-order valence-corrected chi connectivity index (χ1v) is 9.10. The molecular weight excluding hydrogens is 324 g/mol. The molecule has 2 fully saturated rings. The molecule has 1 spiro atoms. The molecule has 0 amide bonds. The molecule has 1 atom stereocenters. The number of hydrogen-bond donors (Lipinski definition) is 1. The highest BCUT2D eigenvalue weighted by molar-refractivity contribution is 9.10. The Morgan fingerprint density at radius 1 is 1.24 bits per heavy atom. The number of hydrogen-bond acceptors (Lipinski definition) is 2. The Morgan fingerprint density at radius 3 is 2.62 bits per heavy atom. The number of halogens is 1. The SMILES string of the molecule is CCC1(C)CN(Cc2ccccc2Br)C2(CCCC2)CN1. The molecule has 3 heteroatoms. The van der Waals surface area contributed by atoms with Gasteiger partial charge < -0.3 is 5.32 Å². The second-order valence-electron chi connectivity index (χ2n) is 7.15. The van der Waals surface area contributed by atoms with Crippen molar-refractivity contribution in [1.82, 2.24) is 10.2 Å². The molecule has 2 aliphatic rings. The van der Waals surface area contributed by atoms with Crippen LogP contribution in [0.2, 0.25) is 0 Å². The van der Waals surface area contributed by atoms with Crippen LogP contribution < -0.4 is 5.32 Å². The van der Waals surface area contributed by atoms with Crippen molar-refractivity contribution in [1.29, 1.82) is 0 Å². The number of piperazine rings is 1. The average molecular weight is 351 g/mol. The highest BCUT2D eigenvalue weighted by Gasteiger charge is 2.46. The molecule has 1 unspecified atom stereocenters. The van der Waals surface area contributed by atoms with Gasteiger partial charge in [0.25, 0.3) is 0 Å². The van der Waals surface area contributed by atoms with E-state index in [1.54, 1.807) is 0 Å². The Balaban J connectivity index is 1.85. The van der Waals surface area contributed by atoms with E-state index in [0.717, 1.165) is 19.6 Å². The van der Waals surface area contributed by atoms with Crippen LogP contribution in [-0.2, 0) is 6.54 Å². The van der Waals surface area contributed by atoms with E-state index in [-0.39, 0.29) is 5.54 Å². The molecule has 21 heavy (non-hydrogen) atoms. The summed E-state index contributed by atoms with van der Waals surface area (Å²) in [5, 5.41) is 3.85. The summed E-state index contributed by atoms with van der Waals surface area (Å²) in [6.07, 6.45) is 6.66. The molecule has 0 bridgehead atoms. The molecule has 0 radical (unpaired) electrons. The standard InChI is InChI=1S/C18H27BrN2/c1-3-17(2)14-21(12-15-8-4-5-9-16(15)19)18(13-20-17)10-6-7-11-18/h4-5,8-9,20H,3,6-7,10-14H2,1-2H3. The van der Waals surface area contributed by atoms with Crippen molar-refractivity contribution >= 4 is 15.9 Å². The lowest BCUT2D eigenvalue weighted by Crippen LogP contribution is -2.67. The first-order valence-electron chi connectivity index (χ1n) is 8.30. The highest BCUT2D eigenvalue weighted by Crippen LogP contribution is 2.40. The lowest BCUT2D eigenvalue weighted by molar-refractivity contribution is 0.00518. The van der Waals surface area contributed by atoms with Gasteiger partial charge in [0.2, 0.25) is 0 Å². The van der Waals surface area contributed by atoms with Gasteiger partial charge in [-0.2, -0.15) is 0 Å². The minimum Gasteiger partial charge on any atom is -0.308 e. The van der Waals surface area contributed by atoms with Crippen molar-refractivity contribution in [2.24, 2.45) is 0 Å². The van der Waals surface area contributed by atoms with Crippen molar-refractivity contribution in [2.75, 3.05) is 13.1 Å². The summed E-state index contributed by atoms with van der Waals surface area (Å²) in [4.78, 5) is 2.78. The van der Waals surface area contributed by atoms with Crippen molar-refractivity contribution in [3.63, 3.8) is 0 Å². The van der Waals surface area contributed by atoms with Gasteiger partial charge in [-0.05, 0) is 37.8 Å². The maximum absolute atomic E-state index is 3.85. The van der Waals surface area contributed by atoms with Crippen LogP contribution in [0, 0.1) is 0 Å². The summed E-state index contributed by atoms with van der Waals surface area (Å²) in [5.41, 5.74) is 2.07. The van der Waals surface area contributed by atoms with Crippen LogP contribution in [0.15, 0.2) is 28.7 Å². The van der Waals surface area contributed by atoms with Crippen LogP contribution in [0.1, 0.15) is 51.5 Å². The van der Waals surface area contributed by atoms with E-state index in [1.807, 2.05) is 0 Å². The molecule has 1 aromatic rings. The van der Waals surface area contributed by atoms with E-state index in [1.165, 1.54) is 42.1 Å². The smallest absolute Gasteiger partial charge is 0.0338 e. The fraction of sp³-hybridized carbons (Fsp3) is 0.667. The van der Waals surface area contributed by atoms with Gasteiger partial charge in [0, 0.05) is 35.2 Å². The molecule has 2 nitrogen and oxygen atoms in total. The van der Waals surface area contributed by atoms with Crippen molar-refractivity contribution < 1.29 is 0 Å². The van der Waals surface area contributed by atoms with Gasteiger partial charge >= 0.3 is 0 Å². The van der Waals surface area contributed by atoms with E-state index in [9.17, 15) is 0 Å². The van der Waals surface area contributed by atoms with Crippen LogP contribution in [0.25, 0.3) is 0 Å². The van der Waals surface area contributed by atoms with E-state index < -0.39 is 0 Å². The summed E-state index contributed by atoms with van der Waals surface area (Å²) in [5.74, 6) is 0. The largest absolute Gasteiger partial charge is 0.308 e. The average Bonchev–Trinajstić information content (AvgIpc) is 2.96. The molecule has 3 rings (SSSR count). The maximum Gasteiger partial charge on any atom is 0.0338 e. The van der Waals surface area contributed by atoms with Crippen LogP contribution >= 0.6 is 15.9 Å². The minimum absolute atomic E-state index is 0.259. The van der Waals surface area contributed by atoms with Crippen LogP contribution in [0.4, 0.5) is 0 Å². The predicted octanol–water partition coefficient (Wildman–Crippen LogP) is 4.34. The molecule has 1 aliphatic carbocycles. The zero-order valence-electron chi connectivity index (χ0n) is 13.3. The maximum atomic E-state index is 3.85. The van der Waals surface area contributed by atoms with Gasteiger partial charge in [0.1, 0.15) is 0 Å². The van der Waals surface area contributed by atoms with Crippen molar-refractivity contribution in [3.8, 4) is 0 Å². The zero-order valence-corrected chi connectivity index (χ0v) is 14.9. The Labute approximate surface area is 137 Å². The predicted molar refractivity (Wildman–Crippen MR) is 92.4 cm³/mol. The van der Waals surface area contributed by atoms with Crippen LogP contribution in [0.3, 0.4) is 0 Å². The lowest BCUT2D eigenvalue weighted by Gasteiger charge is -2.52. The summed E-state index contributed by atoms with van der Waals surface area (Å²) in [6, 6.07) is 8.69. The van der Waals surface area contributed by atoms with Gasteiger partial charge in [-0.15, -0.1) is 0 Å². The van der Waals surface area contributed by atoms with Gasteiger partial charge in [-0.25, -0.2) is 0 Å². The molecule has 1 heterocycles. The van der Waals surface area contributed by atoms with Gasteiger partial charge in [-0.3, -0.25) is 4.90 Å². The number of rotatable bonds is 3. The summed E-state index contributed by atoms with van der Waals surface area (Å²) in [6.45, 7) is 8.06. The van der Waals surface area contributed by atoms with Crippen molar-refractivity contribution in [3.05, 3.63) is 34.3 Å². The third-order valence-electron chi connectivity index (χ3n) is 5.69. The first-order chi connectivity index (χ1) is 10.1. The van der Waals surface area contributed by atoms with E-state index in [2.05, 4.69) is 64.3 Å². The molecule has 116 valence electrons. The van der Waals surface area contributed by atoms with Crippen molar-refractivity contribution in [2.45, 2.75) is 63.6 Å². The number of benzene rings is 1. The molecule has 1 aromatic carbocycles. The van der Waals surface area contributed by atoms with Crippen LogP contribution in [0.5, 0.6) is 0 Å². The Morgan fingerprint density at radius 2 is 1.95 bits per heavy atom. The minimum atomic E-state index is 0.259. The highest BCUT2D eigenvalue weighted by atomic mass is 79.9. The van der Waals surface area contributed by atoms with Gasteiger partial charge in [0.05, 0.1) is 0 Å². The Bertz CT molecular complexity index is 496. The van der Waals surface area contributed by atoms with E-state index >= 15 is 0 Å². The molecule has 1 aliphatic heterocycles. The lowest BCUT2D eigenvalue weighted by atomic mass is 9.84. The fourth-order valence-electron chi connectivity index (χ4n) is 3.95. The third kappa shape index (κ3) is 3.06. The Hall–Kier alpha value is -0.380. The number of nitrogens with one attached hydrogen (secondary N) is 1. The summed E-state index contributed by atoms with van der Waals surface area (Å²) < 4.78 is 1.25. The van der Waals surface area contributed by atoms with Gasteiger partial charge in [0.15, 0.2) is 0 Å². The first kappa shape index (κ1) is 15.5. The fourth-order valence-corrected chi connectivity index (χ4v) is 4.36. The second kappa shape index (κ2) is 6.02. The van der Waals surface area contributed by atoms with Crippen LogP contribution in [-0.4, -0.2) is 29.1 Å². The summed E-state index contributed by atoms with van der Waals surface area (Å²) >= 11 is 3.72. The third-order valence-corrected chi connectivity index (χ3v) is 6.46. The quantitative estimate of drug-likeness (QED) is 0.872. The molecule has 1 saturated carbocycles. The molecular formula is C18H27BrN2. The monoisotopic (exact) mass is 350 g/mol. The molecule has 1 saturated heterocycles. The second-order valence-corrected chi connectivity index (χ2v) is 8.00.